The van der Waals surface area contributed by atoms with Gasteiger partial charge in [-0.1, -0.05) is 31.1 Å². The molecule has 1 amide bonds. The molecule has 2 aromatic rings. The molecule has 0 aliphatic heterocycles. The summed E-state index contributed by atoms with van der Waals surface area (Å²) in [5, 5.41) is 10.8. The van der Waals surface area contributed by atoms with Gasteiger partial charge in [0.1, 0.15) is 5.76 Å². The number of carbonyl (C=O) groups is 1. The van der Waals surface area contributed by atoms with Crippen LogP contribution in [0, 0.1) is 0 Å². The van der Waals surface area contributed by atoms with E-state index in [0.717, 1.165) is 47.8 Å². The number of hydrogen-bond acceptors (Lipinski definition) is 4. The Morgan fingerprint density at radius 2 is 1.97 bits per heavy atom. The van der Waals surface area contributed by atoms with E-state index >= 15 is 0 Å². The molecular formula is C21H32IN5O2. The van der Waals surface area contributed by atoms with Crippen LogP contribution in [-0.2, 0) is 25.8 Å². The summed E-state index contributed by atoms with van der Waals surface area (Å²) >= 11 is 0. The first-order valence-corrected chi connectivity index (χ1v) is 9.71. The standard InChI is InChI=1S/C21H31N5O2.HI/c1-6-18-17(19(7-2)28-25-18)14-24-21(22-3)23-12-11-15-9-8-10-16(13-15)20(27)26(4)5;/h8-10,13H,6-7,11-12,14H2,1-5H3,(H2,22,23,24);1H. The van der Waals surface area contributed by atoms with Crippen LogP contribution in [0.1, 0.15) is 46.8 Å². The summed E-state index contributed by atoms with van der Waals surface area (Å²) in [4.78, 5) is 18.0. The zero-order chi connectivity index (χ0) is 20.5. The number of carbonyl (C=O) groups excluding carboxylic acids is 1. The van der Waals surface area contributed by atoms with E-state index < -0.39 is 0 Å². The number of nitrogens with zero attached hydrogens (tertiary/aromatic N) is 3. The molecule has 0 radical (unpaired) electrons. The van der Waals surface area contributed by atoms with E-state index in [1.54, 1.807) is 26.0 Å². The predicted octanol–water partition coefficient (Wildman–Crippen LogP) is 3.03. The van der Waals surface area contributed by atoms with Gasteiger partial charge in [0, 0.05) is 51.8 Å². The number of halogens is 1. The Morgan fingerprint density at radius 1 is 1.21 bits per heavy atom. The summed E-state index contributed by atoms with van der Waals surface area (Å²) in [5.74, 6) is 1.66. The zero-order valence-corrected chi connectivity index (χ0v) is 20.2. The predicted molar refractivity (Wildman–Crippen MR) is 127 cm³/mol. The number of rotatable bonds is 8. The number of hydrogen-bond donors (Lipinski definition) is 2. The minimum atomic E-state index is 0. The average Bonchev–Trinajstić information content (AvgIpc) is 3.12. The van der Waals surface area contributed by atoms with Crippen molar-refractivity contribution in [3.63, 3.8) is 0 Å². The lowest BCUT2D eigenvalue weighted by atomic mass is 10.1. The smallest absolute Gasteiger partial charge is 0.253 e. The lowest BCUT2D eigenvalue weighted by Crippen LogP contribution is -2.38. The van der Waals surface area contributed by atoms with Gasteiger partial charge in [-0.3, -0.25) is 9.79 Å². The molecule has 2 rings (SSSR count). The summed E-state index contributed by atoms with van der Waals surface area (Å²) in [6, 6.07) is 7.74. The lowest BCUT2D eigenvalue weighted by molar-refractivity contribution is 0.0827. The van der Waals surface area contributed by atoms with Crippen molar-refractivity contribution in [1.82, 2.24) is 20.7 Å². The van der Waals surface area contributed by atoms with Gasteiger partial charge in [0.2, 0.25) is 0 Å². The van der Waals surface area contributed by atoms with Crippen LogP contribution in [0.5, 0.6) is 0 Å². The highest BCUT2D eigenvalue weighted by atomic mass is 127. The Kier molecular flexibility index (Phi) is 10.7. The van der Waals surface area contributed by atoms with Crippen LogP contribution < -0.4 is 10.6 Å². The van der Waals surface area contributed by atoms with Crippen LogP contribution in [0.3, 0.4) is 0 Å². The Hall–Kier alpha value is -2.10. The summed E-state index contributed by atoms with van der Waals surface area (Å²) < 4.78 is 5.41. The van der Waals surface area contributed by atoms with Crippen molar-refractivity contribution >= 4 is 35.8 Å². The third kappa shape index (κ3) is 7.02. The van der Waals surface area contributed by atoms with E-state index in [0.29, 0.717) is 18.7 Å². The summed E-state index contributed by atoms with van der Waals surface area (Å²) in [6.07, 6.45) is 2.45. The number of amides is 1. The van der Waals surface area contributed by atoms with E-state index in [2.05, 4.69) is 34.6 Å². The fourth-order valence-corrected chi connectivity index (χ4v) is 2.97. The molecule has 1 aromatic carbocycles. The maximum atomic E-state index is 12.1. The summed E-state index contributed by atoms with van der Waals surface area (Å²) in [5.41, 5.74) is 3.91. The van der Waals surface area contributed by atoms with Crippen LogP contribution >= 0.6 is 24.0 Å². The van der Waals surface area contributed by atoms with Crippen molar-refractivity contribution in [2.24, 2.45) is 4.99 Å². The van der Waals surface area contributed by atoms with Crippen molar-refractivity contribution < 1.29 is 9.32 Å². The quantitative estimate of drug-likeness (QED) is 0.322. The third-order valence-electron chi connectivity index (χ3n) is 4.55. The number of nitrogens with one attached hydrogen (secondary N) is 2. The average molecular weight is 513 g/mol. The van der Waals surface area contributed by atoms with Crippen molar-refractivity contribution in [1.29, 1.82) is 0 Å². The van der Waals surface area contributed by atoms with Gasteiger partial charge in [-0.05, 0) is 30.5 Å². The third-order valence-corrected chi connectivity index (χ3v) is 4.55. The van der Waals surface area contributed by atoms with E-state index in [1.165, 1.54) is 0 Å². The van der Waals surface area contributed by atoms with Crippen molar-refractivity contribution in [3.05, 3.63) is 52.4 Å². The van der Waals surface area contributed by atoms with Gasteiger partial charge in [0.15, 0.2) is 5.96 Å². The van der Waals surface area contributed by atoms with Crippen LogP contribution in [0.25, 0.3) is 0 Å². The van der Waals surface area contributed by atoms with Gasteiger partial charge in [-0.25, -0.2) is 0 Å². The molecule has 8 heteroatoms. The minimum Gasteiger partial charge on any atom is -0.361 e. The second kappa shape index (κ2) is 12.5. The summed E-state index contributed by atoms with van der Waals surface area (Å²) in [6.45, 7) is 5.47. The fraction of sp³-hybridized carbons (Fsp3) is 0.476. The molecule has 1 aromatic heterocycles. The normalized spacial score (nSPS) is 11.0. The van der Waals surface area contributed by atoms with E-state index in [9.17, 15) is 4.79 Å². The van der Waals surface area contributed by atoms with Gasteiger partial charge >= 0.3 is 0 Å². The molecule has 0 unspecified atom stereocenters. The molecule has 0 fully saturated rings. The Balaban J connectivity index is 0.00000420. The van der Waals surface area contributed by atoms with Crippen molar-refractivity contribution in [2.45, 2.75) is 39.7 Å². The molecule has 0 saturated carbocycles. The first kappa shape index (κ1) is 24.9. The maximum absolute atomic E-state index is 12.1. The first-order chi connectivity index (χ1) is 13.5. The molecule has 0 aliphatic rings. The van der Waals surface area contributed by atoms with Gasteiger partial charge in [0.05, 0.1) is 5.69 Å². The monoisotopic (exact) mass is 513 g/mol. The highest BCUT2D eigenvalue weighted by Gasteiger charge is 2.13. The van der Waals surface area contributed by atoms with Crippen molar-refractivity contribution in [3.8, 4) is 0 Å². The van der Waals surface area contributed by atoms with E-state index in [-0.39, 0.29) is 29.9 Å². The molecule has 0 saturated heterocycles. The topological polar surface area (TPSA) is 82.8 Å². The molecule has 7 nitrogen and oxygen atoms in total. The van der Waals surface area contributed by atoms with Crippen LogP contribution in [-0.4, -0.2) is 49.6 Å². The Bertz CT molecular complexity index is 796. The molecule has 0 spiro atoms. The highest BCUT2D eigenvalue weighted by Crippen LogP contribution is 2.15. The van der Waals surface area contributed by atoms with Crippen LogP contribution in [0.15, 0.2) is 33.8 Å². The number of aromatic nitrogens is 1. The Labute approximate surface area is 190 Å². The number of aryl methyl sites for hydroxylation is 2. The van der Waals surface area contributed by atoms with Gasteiger partial charge < -0.3 is 20.1 Å². The van der Waals surface area contributed by atoms with Crippen LogP contribution in [0.4, 0.5) is 0 Å². The summed E-state index contributed by atoms with van der Waals surface area (Å²) in [7, 11) is 5.27. The van der Waals surface area contributed by atoms with E-state index in [1.807, 2.05) is 24.3 Å². The lowest BCUT2D eigenvalue weighted by Gasteiger charge is -2.13. The largest absolute Gasteiger partial charge is 0.361 e. The second-order valence-corrected chi connectivity index (χ2v) is 6.74. The van der Waals surface area contributed by atoms with Gasteiger partial charge in [0.25, 0.3) is 5.91 Å². The molecule has 0 bridgehead atoms. The second-order valence-electron chi connectivity index (χ2n) is 6.74. The SMILES string of the molecule is CCc1noc(CC)c1CNC(=NC)NCCc1cccc(C(=O)N(C)C)c1.I. The molecule has 1 heterocycles. The molecule has 2 N–H and O–H groups in total. The number of aliphatic imine (C=N–C) groups is 1. The van der Waals surface area contributed by atoms with E-state index in [4.69, 9.17) is 4.52 Å². The van der Waals surface area contributed by atoms with Crippen LogP contribution in [0.2, 0.25) is 0 Å². The number of benzene rings is 1. The maximum Gasteiger partial charge on any atom is 0.253 e. The molecule has 160 valence electrons. The Morgan fingerprint density at radius 3 is 2.59 bits per heavy atom. The molecule has 29 heavy (non-hydrogen) atoms. The van der Waals surface area contributed by atoms with Crippen molar-refractivity contribution in [2.75, 3.05) is 27.7 Å². The molecule has 0 atom stereocenters. The first-order valence-electron chi connectivity index (χ1n) is 9.71. The molecule has 0 aliphatic carbocycles. The molecular weight excluding hydrogens is 481 g/mol. The number of guanidine groups is 1. The van der Waals surface area contributed by atoms with Gasteiger partial charge in [-0.15, -0.1) is 24.0 Å². The van der Waals surface area contributed by atoms with Gasteiger partial charge in [-0.2, -0.15) is 0 Å². The highest BCUT2D eigenvalue weighted by molar-refractivity contribution is 14.0. The zero-order valence-electron chi connectivity index (χ0n) is 17.9. The minimum absolute atomic E-state index is 0. The fourth-order valence-electron chi connectivity index (χ4n) is 2.97.